The van der Waals surface area contributed by atoms with Gasteiger partial charge in [-0.1, -0.05) is 19.9 Å². The lowest BCUT2D eigenvalue weighted by Crippen LogP contribution is -2.06. The van der Waals surface area contributed by atoms with E-state index in [1.54, 1.807) is 0 Å². The zero-order valence-corrected chi connectivity index (χ0v) is 11.3. The second kappa shape index (κ2) is 5.22. The fourth-order valence-corrected chi connectivity index (χ4v) is 2.29. The Kier molecular flexibility index (Phi) is 3.66. The number of aromatic nitrogens is 2. The Bertz CT molecular complexity index is 590. The van der Waals surface area contributed by atoms with Crippen LogP contribution in [0.25, 0.3) is 10.9 Å². The first-order chi connectivity index (χ1) is 8.71. The molecule has 0 saturated heterocycles. The third kappa shape index (κ3) is 2.11. The predicted octanol–water partition coefficient (Wildman–Crippen LogP) is 3.64. The minimum Gasteiger partial charge on any atom is -0.261 e. The molecular weight excluding hydrogens is 222 g/mol. The Morgan fingerprint density at radius 3 is 2.72 bits per heavy atom. The van der Waals surface area contributed by atoms with Gasteiger partial charge in [0.15, 0.2) is 0 Å². The zero-order chi connectivity index (χ0) is 13.1. The van der Waals surface area contributed by atoms with Gasteiger partial charge < -0.3 is 0 Å². The van der Waals surface area contributed by atoms with Gasteiger partial charge in [-0.2, -0.15) is 10.4 Å². The number of aryl methyl sites for hydroxylation is 2. The van der Waals surface area contributed by atoms with Gasteiger partial charge in [0.2, 0.25) is 0 Å². The van der Waals surface area contributed by atoms with Gasteiger partial charge >= 0.3 is 0 Å². The van der Waals surface area contributed by atoms with Crippen LogP contribution in [0, 0.1) is 11.3 Å². The van der Waals surface area contributed by atoms with E-state index < -0.39 is 0 Å². The second-order valence-electron chi connectivity index (χ2n) is 4.66. The third-order valence-corrected chi connectivity index (χ3v) is 3.39. The maximum absolute atomic E-state index is 8.83. The highest BCUT2D eigenvalue weighted by molar-refractivity contribution is 5.83. The monoisotopic (exact) mass is 241 g/mol. The van der Waals surface area contributed by atoms with E-state index in [-0.39, 0.29) is 6.04 Å². The van der Waals surface area contributed by atoms with Gasteiger partial charge in [0.1, 0.15) is 0 Å². The SMILES string of the molecule is CCc1ccc2c(c1)c(CC)nn2[C@@H](C)CC#N. The summed E-state index contributed by atoms with van der Waals surface area (Å²) in [4.78, 5) is 0. The van der Waals surface area contributed by atoms with E-state index in [9.17, 15) is 0 Å². The molecule has 2 rings (SSSR count). The summed E-state index contributed by atoms with van der Waals surface area (Å²) in [5.74, 6) is 0. The number of rotatable bonds is 4. The van der Waals surface area contributed by atoms with Crippen LogP contribution in [-0.4, -0.2) is 9.78 Å². The van der Waals surface area contributed by atoms with E-state index >= 15 is 0 Å². The van der Waals surface area contributed by atoms with E-state index in [4.69, 9.17) is 5.26 Å². The lowest BCUT2D eigenvalue weighted by molar-refractivity contribution is 0.512. The summed E-state index contributed by atoms with van der Waals surface area (Å²) >= 11 is 0. The third-order valence-electron chi connectivity index (χ3n) is 3.39. The molecule has 0 amide bonds. The highest BCUT2D eigenvalue weighted by Gasteiger charge is 2.13. The minimum atomic E-state index is 0.130. The van der Waals surface area contributed by atoms with E-state index in [0.29, 0.717) is 6.42 Å². The Morgan fingerprint density at radius 2 is 2.11 bits per heavy atom. The van der Waals surface area contributed by atoms with Crippen molar-refractivity contribution < 1.29 is 0 Å². The van der Waals surface area contributed by atoms with E-state index in [2.05, 4.69) is 43.2 Å². The van der Waals surface area contributed by atoms with Crippen molar-refractivity contribution in [1.29, 1.82) is 5.26 Å². The Hall–Kier alpha value is -1.82. The minimum absolute atomic E-state index is 0.130. The van der Waals surface area contributed by atoms with Gasteiger partial charge in [0.25, 0.3) is 0 Å². The molecule has 0 unspecified atom stereocenters. The molecule has 2 aromatic rings. The largest absolute Gasteiger partial charge is 0.261 e. The first-order valence-electron chi connectivity index (χ1n) is 6.58. The first kappa shape index (κ1) is 12.6. The van der Waals surface area contributed by atoms with Crippen LogP contribution >= 0.6 is 0 Å². The lowest BCUT2D eigenvalue weighted by atomic mass is 10.1. The standard InChI is InChI=1S/C15H19N3/c1-4-12-6-7-15-13(10-12)14(5-2)17-18(15)11(3)8-9-16/h6-7,10-11H,4-5,8H2,1-3H3/t11-/m0/s1. The number of nitriles is 1. The van der Waals surface area contributed by atoms with Crippen molar-refractivity contribution in [2.75, 3.05) is 0 Å². The number of fused-ring (bicyclic) bond motifs is 1. The maximum atomic E-state index is 8.83. The van der Waals surface area contributed by atoms with Gasteiger partial charge in [0, 0.05) is 5.39 Å². The summed E-state index contributed by atoms with van der Waals surface area (Å²) in [7, 11) is 0. The number of nitrogens with zero attached hydrogens (tertiary/aromatic N) is 3. The number of benzene rings is 1. The van der Waals surface area contributed by atoms with Gasteiger partial charge in [0.05, 0.1) is 29.7 Å². The van der Waals surface area contributed by atoms with Crippen LogP contribution in [0.1, 0.15) is 44.5 Å². The van der Waals surface area contributed by atoms with Crippen molar-refractivity contribution in [3.8, 4) is 6.07 Å². The summed E-state index contributed by atoms with van der Waals surface area (Å²) in [6.45, 7) is 6.33. The molecule has 0 spiro atoms. The molecule has 3 heteroatoms. The number of hydrogen-bond acceptors (Lipinski definition) is 2. The quantitative estimate of drug-likeness (QED) is 0.820. The van der Waals surface area contributed by atoms with Gasteiger partial charge in [-0.15, -0.1) is 0 Å². The summed E-state index contributed by atoms with van der Waals surface area (Å²) in [5, 5.41) is 14.7. The molecule has 0 bridgehead atoms. The van der Waals surface area contributed by atoms with Crippen LogP contribution in [0.4, 0.5) is 0 Å². The van der Waals surface area contributed by atoms with Crippen LogP contribution in [0.2, 0.25) is 0 Å². The predicted molar refractivity (Wildman–Crippen MR) is 73.4 cm³/mol. The normalized spacial score (nSPS) is 12.6. The highest BCUT2D eigenvalue weighted by Crippen LogP contribution is 2.25. The van der Waals surface area contributed by atoms with Gasteiger partial charge in [-0.25, -0.2) is 0 Å². The molecule has 0 aliphatic rings. The van der Waals surface area contributed by atoms with Crippen molar-refractivity contribution in [3.05, 3.63) is 29.5 Å². The molecule has 0 fully saturated rings. The van der Waals surface area contributed by atoms with Gasteiger partial charge in [-0.3, -0.25) is 4.68 Å². The van der Waals surface area contributed by atoms with Crippen LogP contribution in [0.15, 0.2) is 18.2 Å². The fourth-order valence-electron chi connectivity index (χ4n) is 2.29. The van der Waals surface area contributed by atoms with Crippen molar-refractivity contribution >= 4 is 10.9 Å². The summed E-state index contributed by atoms with van der Waals surface area (Å²) in [5.41, 5.74) is 3.61. The topological polar surface area (TPSA) is 41.6 Å². The highest BCUT2D eigenvalue weighted by atomic mass is 15.3. The second-order valence-corrected chi connectivity index (χ2v) is 4.66. The first-order valence-corrected chi connectivity index (χ1v) is 6.58. The van der Waals surface area contributed by atoms with E-state index in [1.807, 2.05) is 11.6 Å². The summed E-state index contributed by atoms with van der Waals surface area (Å²) < 4.78 is 2.00. The molecule has 18 heavy (non-hydrogen) atoms. The number of hydrogen-bond donors (Lipinski definition) is 0. The molecule has 0 aliphatic carbocycles. The Balaban J connectivity index is 2.59. The zero-order valence-electron chi connectivity index (χ0n) is 11.3. The summed E-state index contributed by atoms with van der Waals surface area (Å²) in [6, 6.07) is 8.87. The smallest absolute Gasteiger partial charge is 0.0700 e. The molecule has 0 N–H and O–H groups in total. The van der Waals surface area contributed by atoms with Crippen LogP contribution in [0.3, 0.4) is 0 Å². The Morgan fingerprint density at radius 1 is 1.33 bits per heavy atom. The molecule has 0 saturated carbocycles. The summed E-state index contributed by atoms with van der Waals surface area (Å²) in [6.07, 6.45) is 2.46. The molecule has 1 heterocycles. The molecule has 1 atom stereocenters. The lowest BCUT2D eigenvalue weighted by Gasteiger charge is -2.09. The van der Waals surface area contributed by atoms with Gasteiger partial charge in [-0.05, 0) is 37.5 Å². The molecular formula is C15H19N3. The fraction of sp³-hybridized carbons (Fsp3) is 0.467. The molecule has 3 nitrogen and oxygen atoms in total. The van der Waals surface area contributed by atoms with E-state index in [1.165, 1.54) is 10.9 Å². The molecule has 0 aliphatic heterocycles. The van der Waals surface area contributed by atoms with Crippen LogP contribution < -0.4 is 0 Å². The average Bonchev–Trinajstić information content (AvgIpc) is 2.76. The van der Waals surface area contributed by atoms with E-state index in [0.717, 1.165) is 24.1 Å². The molecule has 1 aromatic heterocycles. The van der Waals surface area contributed by atoms with Crippen molar-refractivity contribution in [1.82, 2.24) is 9.78 Å². The molecule has 1 aromatic carbocycles. The molecule has 94 valence electrons. The van der Waals surface area contributed by atoms with Crippen molar-refractivity contribution in [2.45, 2.75) is 46.1 Å². The maximum Gasteiger partial charge on any atom is 0.0700 e. The van der Waals surface area contributed by atoms with Crippen LogP contribution in [-0.2, 0) is 12.8 Å². The average molecular weight is 241 g/mol. The van der Waals surface area contributed by atoms with Crippen molar-refractivity contribution in [3.63, 3.8) is 0 Å². The van der Waals surface area contributed by atoms with Crippen LogP contribution in [0.5, 0.6) is 0 Å². The molecule has 0 radical (unpaired) electrons. The Labute approximate surface area is 108 Å². The van der Waals surface area contributed by atoms with Crippen molar-refractivity contribution in [2.24, 2.45) is 0 Å².